The fraction of sp³-hybridized carbons (Fsp3) is 0.692. The molecule has 0 aliphatic heterocycles. The molecule has 0 aromatic rings. The Kier molecular flexibility index (Phi) is 6.25. The summed E-state index contributed by atoms with van der Waals surface area (Å²) in [5.74, 6) is -0.565. The van der Waals surface area contributed by atoms with Crippen molar-refractivity contribution in [3.05, 3.63) is 11.8 Å². The maximum Gasteiger partial charge on any atom is 0.316 e. The Morgan fingerprint density at radius 1 is 1.50 bits per heavy atom. The largest absolute Gasteiger partial charge is 0.480 e. The Labute approximate surface area is 112 Å². The quantitative estimate of drug-likeness (QED) is 0.773. The zero-order valence-electron chi connectivity index (χ0n) is 11.0. The summed E-state index contributed by atoms with van der Waals surface area (Å²) in [5, 5.41) is 8.46. The van der Waals surface area contributed by atoms with Crippen LogP contribution in [0.5, 0.6) is 0 Å². The van der Waals surface area contributed by atoms with Crippen molar-refractivity contribution in [3.63, 3.8) is 0 Å². The number of hydrogen-bond donors (Lipinski definition) is 1. The first-order valence-corrected chi connectivity index (χ1v) is 7.48. The molecule has 0 bridgehead atoms. The third-order valence-corrected chi connectivity index (χ3v) is 4.39. The molecular weight excluding hydrogens is 250 g/mol. The minimum Gasteiger partial charge on any atom is -0.480 e. The van der Waals surface area contributed by atoms with Crippen LogP contribution in [0.1, 0.15) is 39.5 Å². The summed E-state index contributed by atoms with van der Waals surface area (Å²) in [5.41, 5.74) is 1.10. The first-order valence-electron chi connectivity index (χ1n) is 6.43. The Morgan fingerprint density at radius 3 is 2.67 bits per heavy atom. The molecule has 1 rings (SSSR count). The van der Waals surface area contributed by atoms with Gasteiger partial charge in [0.2, 0.25) is 5.91 Å². The molecule has 0 spiro atoms. The first-order chi connectivity index (χ1) is 8.60. The van der Waals surface area contributed by atoms with Crippen molar-refractivity contribution in [1.82, 2.24) is 4.90 Å². The van der Waals surface area contributed by atoms with Gasteiger partial charge in [-0.05, 0) is 32.6 Å². The van der Waals surface area contributed by atoms with Gasteiger partial charge in [-0.15, -0.1) is 11.8 Å². The van der Waals surface area contributed by atoms with E-state index in [1.54, 1.807) is 4.90 Å². The Balaban J connectivity index is 2.50. The van der Waals surface area contributed by atoms with Crippen LogP contribution >= 0.6 is 11.8 Å². The monoisotopic (exact) mass is 271 g/mol. The van der Waals surface area contributed by atoms with Gasteiger partial charge in [-0.1, -0.05) is 13.0 Å². The third kappa shape index (κ3) is 4.05. The molecule has 18 heavy (non-hydrogen) atoms. The van der Waals surface area contributed by atoms with E-state index in [0.29, 0.717) is 13.0 Å². The van der Waals surface area contributed by atoms with Crippen molar-refractivity contribution in [2.45, 2.75) is 44.8 Å². The van der Waals surface area contributed by atoms with E-state index in [1.807, 2.05) is 13.8 Å². The standard InChI is InChI=1S/C13H21NO3S/c1-3-11(13(16)17)18-9-12(15)14(4-2)10-7-5-6-8-10/h7,11H,3-6,8-9H2,1-2H3,(H,16,17). The molecule has 0 fully saturated rings. The van der Waals surface area contributed by atoms with E-state index in [0.717, 1.165) is 25.0 Å². The van der Waals surface area contributed by atoms with Crippen LogP contribution in [-0.4, -0.2) is 39.4 Å². The van der Waals surface area contributed by atoms with Crippen molar-refractivity contribution in [1.29, 1.82) is 0 Å². The normalized spacial score (nSPS) is 16.2. The summed E-state index contributed by atoms with van der Waals surface area (Å²) in [4.78, 5) is 24.7. The lowest BCUT2D eigenvalue weighted by Gasteiger charge is -2.22. The highest BCUT2D eigenvalue weighted by Gasteiger charge is 2.22. The Morgan fingerprint density at radius 2 is 2.22 bits per heavy atom. The Bertz CT molecular complexity index is 341. The summed E-state index contributed by atoms with van der Waals surface area (Å²) >= 11 is 1.22. The van der Waals surface area contributed by atoms with Crippen molar-refractivity contribution in [3.8, 4) is 0 Å². The van der Waals surface area contributed by atoms with Crippen LogP contribution in [0.25, 0.3) is 0 Å². The number of hydrogen-bond acceptors (Lipinski definition) is 3. The van der Waals surface area contributed by atoms with E-state index < -0.39 is 11.2 Å². The minimum atomic E-state index is -0.835. The van der Waals surface area contributed by atoms with E-state index in [1.165, 1.54) is 11.8 Å². The van der Waals surface area contributed by atoms with Gasteiger partial charge in [0, 0.05) is 12.2 Å². The molecule has 0 heterocycles. The van der Waals surface area contributed by atoms with E-state index in [-0.39, 0.29) is 11.7 Å². The highest BCUT2D eigenvalue weighted by molar-refractivity contribution is 8.01. The van der Waals surface area contributed by atoms with Crippen molar-refractivity contribution in [2.24, 2.45) is 0 Å². The molecule has 0 saturated carbocycles. The lowest BCUT2D eigenvalue weighted by Crippen LogP contribution is -2.32. The Hall–Kier alpha value is -0.970. The van der Waals surface area contributed by atoms with Crippen LogP contribution in [0.4, 0.5) is 0 Å². The molecule has 1 aliphatic rings. The van der Waals surface area contributed by atoms with Crippen molar-refractivity contribution >= 4 is 23.6 Å². The fourth-order valence-electron chi connectivity index (χ4n) is 2.05. The molecule has 0 saturated heterocycles. The summed E-state index contributed by atoms with van der Waals surface area (Å²) in [6, 6.07) is 0. The third-order valence-electron chi connectivity index (χ3n) is 3.04. The number of carbonyl (C=O) groups is 2. The highest BCUT2D eigenvalue weighted by Crippen LogP contribution is 2.23. The van der Waals surface area contributed by atoms with Gasteiger partial charge in [-0.25, -0.2) is 0 Å². The zero-order chi connectivity index (χ0) is 13.5. The van der Waals surface area contributed by atoms with E-state index >= 15 is 0 Å². The van der Waals surface area contributed by atoms with Gasteiger partial charge in [0.15, 0.2) is 0 Å². The molecule has 1 unspecified atom stereocenters. The summed E-state index contributed by atoms with van der Waals surface area (Å²) in [6.07, 6.45) is 5.76. The van der Waals surface area contributed by atoms with Gasteiger partial charge in [-0.3, -0.25) is 9.59 Å². The van der Waals surface area contributed by atoms with E-state index in [2.05, 4.69) is 6.08 Å². The average molecular weight is 271 g/mol. The maximum absolute atomic E-state index is 12.1. The zero-order valence-corrected chi connectivity index (χ0v) is 11.8. The molecule has 0 aromatic carbocycles. The average Bonchev–Trinajstić information content (AvgIpc) is 2.84. The molecule has 0 aromatic heterocycles. The second-order valence-corrected chi connectivity index (χ2v) is 5.46. The number of thioether (sulfide) groups is 1. The van der Waals surface area contributed by atoms with Gasteiger partial charge >= 0.3 is 5.97 Å². The predicted molar refractivity (Wildman–Crippen MR) is 73.5 cm³/mol. The van der Waals surface area contributed by atoms with Crippen LogP contribution in [0.2, 0.25) is 0 Å². The first kappa shape index (κ1) is 15.1. The van der Waals surface area contributed by atoms with Crippen LogP contribution in [-0.2, 0) is 9.59 Å². The number of carboxylic acids is 1. The lowest BCUT2D eigenvalue weighted by molar-refractivity contribution is -0.136. The molecular formula is C13H21NO3S. The minimum absolute atomic E-state index is 0.0235. The molecule has 4 nitrogen and oxygen atoms in total. The van der Waals surface area contributed by atoms with Crippen LogP contribution in [0, 0.1) is 0 Å². The molecule has 1 aliphatic carbocycles. The SMILES string of the molecule is CCC(SCC(=O)N(CC)C1=CCCC1)C(=O)O. The van der Waals surface area contributed by atoms with Crippen LogP contribution in [0.15, 0.2) is 11.8 Å². The molecule has 0 radical (unpaired) electrons. The number of carboxylic acid groups (broad SMARTS) is 1. The van der Waals surface area contributed by atoms with Crippen LogP contribution in [0.3, 0.4) is 0 Å². The summed E-state index contributed by atoms with van der Waals surface area (Å²) in [7, 11) is 0. The number of nitrogens with zero attached hydrogens (tertiary/aromatic N) is 1. The number of aliphatic carboxylic acids is 1. The topological polar surface area (TPSA) is 57.6 Å². The summed E-state index contributed by atoms with van der Waals surface area (Å²) in [6.45, 7) is 4.44. The summed E-state index contributed by atoms with van der Waals surface area (Å²) < 4.78 is 0. The van der Waals surface area contributed by atoms with Crippen LogP contribution < -0.4 is 0 Å². The molecule has 102 valence electrons. The second-order valence-electron chi connectivity index (χ2n) is 4.27. The van der Waals surface area contributed by atoms with Crippen molar-refractivity contribution in [2.75, 3.05) is 12.3 Å². The smallest absolute Gasteiger partial charge is 0.316 e. The van der Waals surface area contributed by atoms with Crippen molar-refractivity contribution < 1.29 is 14.7 Å². The molecule has 1 N–H and O–H groups in total. The highest BCUT2D eigenvalue weighted by atomic mass is 32.2. The fourth-order valence-corrected chi connectivity index (χ4v) is 2.93. The second kappa shape index (κ2) is 7.46. The molecule has 1 amide bonds. The van der Waals surface area contributed by atoms with Gasteiger partial charge in [0.25, 0.3) is 0 Å². The lowest BCUT2D eigenvalue weighted by atomic mass is 10.3. The van der Waals surface area contributed by atoms with E-state index in [9.17, 15) is 9.59 Å². The number of allylic oxidation sites excluding steroid dienone is 2. The molecule has 5 heteroatoms. The van der Waals surface area contributed by atoms with Gasteiger partial charge < -0.3 is 10.0 Å². The number of carbonyl (C=O) groups excluding carboxylic acids is 1. The van der Waals surface area contributed by atoms with Gasteiger partial charge in [0.1, 0.15) is 5.25 Å². The van der Waals surface area contributed by atoms with E-state index in [4.69, 9.17) is 5.11 Å². The number of amides is 1. The number of rotatable bonds is 7. The maximum atomic E-state index is 12.1. The van der Waals surface area contributed by atoms with Gasteiger partial charge in [-0.2, -0.15) is 0 Å². The van der Waals surface area contributed by atoms with Gasteiger partial charge in [0.05, 0.1) is 5.75 Å². The molecule has 1 atom stereocenters. The predicted octanol–water partition coefficient (Wildman–Crippen LogP) is 2.50.